The van der Waals surface area contributed by atoms with Crippen molar-refractivity contribution in [3.63, 3.8) is 0 Å². The molecule has 0 aliphatic carbocycles. The van der Waals surface area contributed by atoms with Gasteiger partial charge in [-0.3, -0.25) is 0 Å². The topological polar surface area (TPSA) is 52.0 Å². The second-order valence-corrected chi connectivity index (χ2v) is 6.86. The fourth-order valence-corrected chi connectivity index (χ4v) is 2.43. The van der Waals surface area contributed by atoms with E-state index in [-0.39, 0.29) is 16.6 Å². The highest BCUT2D eigenvalue weighted by atomic mass is 35.7. The number of aryl methyl sites for hydroxylation is 1. The van der Waals surface area contributed by atoms with E-state index in [1.54, 1.807) is 17.6 Å². The SMILES string of the molecule is Cc1nc(S(=O)(=O)Cl)cn1Cc1ccc(Cl)c(F)c1. The number of aromatic nitrogens is 2. The van der Waals surface area contributed by atoms with Crippen molar-refractivity contribution in [3.8, 4) is 0 Å². The van der Waals surface area contributed by atoms with E-state index >= 15 is 0 Å². The maximum Gasteiger partial charge on any atom is 0.280 e. The molecule has 0 unspecified atom stereocenters. The zero-order chi connectivity index (χ0) is 14.2. The largest absolute Gasteiger partial charge is 0.329 e. The summed E-state index contributed by atoms with van der Waals surface area (Å²) in [5, 5.41) is -0.184. The molecule has 1 aromatic heterocycles. The van der Waals surface area contributed by atoms with Gasteiger partial charge in [-0.25, -0.2) is 17.8 Å². The van der Waals surface area contributed by atoms with Crippen LogP contribution in [0.15, 0.2) is 29.4 Å². The number of benzene rings is 1. The van der Waals surface area contributed by atoms with Crippen molar-refractivity contribution in [1.82, 2.24) is 9.55 Å². The summed E-state index contributed by atoms with van der Waals surface area (Å²) in [4.78, 5) is 3.84. The van der Waals surface area contributed by atoms with Gasteiger partial charge in [0.25, 0.3) is 9.05 Å². The van der Waals surface area contributed by atoms with Crippen molar-refractivity contribution in [2.24, 2.45) is 0 Å². The van der Waals surface area contributed by atoms with E-state index in [0.717, 1.165) is 0 Å². The van der Waals surface area contributed by atoms with Crippen LogP contribution >= 0.6 is 22.3 Å². The van der Waals surface area contributed by atoms with Crippen LogP contribution in [-0.2, 0) is 15.6 Å². The molecule has 0 amide bonds. The highest BCUT2D eigenvalue weighted by Gasteiger charge is 2.16. The maximum atomic E-state index is 13.3. The predicted molar refractivity (Wildman–Crippen MR) is 70.5 cm³/mol. The third-order valence-corrected chi connectivity index (χ3v) is 4.02. The quantitative estimate of drug-likeness (QED) is 0.816. The van der Waals surface area contributed by atoms with E-state index in [9.17, 15) is 12.8 Å². The van der Waals surface area contributed by atoms with Crippen molar-refractivity contribution in [2.75, 3.05) is 0 Å². The Hall–Kier alpha value is -1.11. The Labute approximate surface area is 119 Å². The smallest absolute Gasteiger partial charge is 0.280 e. The summed E-state index contributed by atoms with van der Waals surface area (Å²) in [6.07, 6.45) is 1.31. The third kappa shape index (κ3) is 3.26. The number of rotatable bonds is 3. The minimum atomic E-state index is -3.87. The lowest BCUT2D eigenvalue weighted by Crippen LogP contribution is -2.01. The lowest BCUT2D eigenvalue weighted by molar-refractivity contribution is 0.606. The molecule has 1 heterocycles. The van der Waals surface area contributed by atoms with Gasteiger partial charge in [-0.2, -0.15) is 0 Å². The zero-order valence-corrected chi connectivity index (χ0v) is 12.1. The Balaban J connectivity index is 2.33. The van der Waals surface area contributed by atoms with Crippen molar-refractivity contribution < 1.29 is 12.8 Å². The molecule has 0 N–H and O–H groups in total. The van der Waals surface area contributed by atoms with Crippen LogP contribution in [0, 0.1) is 12.7 Å². The van der Waals surface area contributed by atoms with Crippen LogP contribution in [0.3, 0.4) is 0 Å². The number of halogens is 3. The molecular formula is C11H9Cl2FN2O2S. The monoisotopic (exact) mass is 322 g/mol. The molecule has 0 saturated heterocycles. The zero-order valence-electron chi connectivity index (χ0n) is 9.77. The highest BCUT2D eigenvalue weighted by molar-refractivity contribution is 8.13. The van der Waals surface area contributed by atoms with E-state index in [1.165, 1.54) is 18.3 Å². The molecule has 2 aromatic rings. The maximum absolute atomic E-state index is 13.3. The fourth-order valence-electron chi connectivity index (χ4n) is 1.59. The summed E-state index contributed by atoms with van der Waals surface area (Å²) in [6, 6.07) is 4.38. The number of hydrogen-bond donors (Lipinski definition) is 0. The molecule has 19 heavy (non-hydrogen) atoms. The van der Waals surface area contributed by atoms with Gasteiger partial charge in [0.15, 0.2) is 5.03 Å². The van der Waals surface area contributed by atoms with Gasteiger partial charge in [-0.05, 0) is 24.6 Å². The Kier molecular flexibility index (Phi) is 3.85. The average molecular weight is 323 g/mol. The van der Waals surface area contributed by atoms with Crippen molar-refractivity contribution >= 4 is 31.3 Å². The standard InChI is InChI=1S/C11H9Cl2FN2O2S/c1-7-15-11(19(13,17)18)6-16(7)5-8-2-3-9(12)10(14)4-8/h2-4,6H,5H2,1H3. The molecule has 0 atom stereocenters. The first-order valence-electron chi connectivity index (χ1n) is 5.20. The minimum Gasteiger partial charge on any atom is -0.329 e. The molecule has 0 saturated carbocycles. The first kappa shape index (κ1) is 14.3. The summed E-state index contributed by atoms with van der Waals surface area (Å²) >= 11 is 5.59. The summed E-state index contributed by atoms with van der Waals surface area (Å²) in [5.41, 5.74) is 0.640. The molecule has 102 valence electrons. The van der Waals surface area contributed by atoms with E-state index in [0.29, 0.717) is 11.4 Å². The minimum absolute atomic E-state index is 0.0372. The van der Waals surface area contributed by atoms with Gasteiger partial charge in [0.2, 0.25) is 0 Å². The summed E-state index contributed by atoms with van der Waals surface area (Å²) in [7, 11) is 1.35. The molecule has 0 aliphatic heterocycles. The molecule has 0 aliphatic rings. The van der Waals surface area contributed by atoms with Crippen LogP contribution in [0.4, 0.5) is 4.39 Å². The van der Waals surface area contributed by atoms with Gasteiger partial charge in [0, 0.05) is 23.4 Å². The molecular weight excluding hydrogens is 314 g/mol. The second kappa shape index (κ2) is 5.11. The molecule has 2 rings (SSSR count). The van der Waals surface area contributed by atoms with Gasteiger partial charge in [-0.1, -0.05) is 17.7 Å². The molecule has 8 heteroatoms. The fraction of sp³-hybridized carbons (Fsp3) is 0.182. The van der Waals surface area contributed by atoms with E-state index < -0.39 is 14.9 Å². The van der Waals surface area contributed by atoms with Gasteiger partial charge in [0.05, 0.1) is 5.02 Å². The highest BCUT2D eigenvalue weighted by Crippen LogP contribution is 2.18. The first-order chi connectivity index (χ1) is 8.77. The normalized spacial score (nSPS) is 11.8. The van der Waals surface area contributed by atoms with Gasteiger partial charge in [-0.15, -0.1) is 0 Å². The average Bonchev–Trinajstić information content (AvgIpc) is 2.65. The van der Waals surface area contributed by atoms with E-state index in [4.69, 9.17) is 22.3 Å². The predicted octanol–water partition coefficient (Wildman–Crippen LogP) is 2.96. The molecule has 0 radical (unpaired) electrons. The second-order valence-electron chi connectivity index (χ2n) is 3.94. The molecule has 0 bridgehead atoms. The summed E-state index contributed by atoms with van der Waals surface area (Å²) in [5.74, 6) is -0.0586. The molecule has 4 nitrogen and oxygen atoms in total. The Bertz CT molecular complexity index is 728. The lowest BCUT2D eigenvalue weighted by atomic mass is 10.2. The molecule has 0 fully saturated rings. The lowest BCUT2D eigenvalue weighted by Gasteiger charge is -2.05. The first-order valence-corrected chi connectivity index (χ1v) is 7.88. The Morgan fingerprint density at radius 3 is 2.63 bits per heavy atom. The van der Waals surface area contributed by atoms with Gasteiger partial charge >= 0.3 is 0 Å². The van der Waals surface area contributed by atoms with Crippen LogP contribution < -0.4 is 0 Å². The van der Waals surface area contributed by atoms with Crippen molar-refractivity contribution in [3.05, 3.63) is 46.6 Å². The van der Waals surface area contributed by atoms with Crippen LogP contribution in [0.2, 0.25) is 5.02 Å². The van der Waals surface area contributed by atoms with E-state index in [1.807, 2.05) is 0 Å². The van der Waals surface area contributed by atoms with Crippen LogP contribution in [-0.4, -0.2) is 18.0 Å². The third-order valence-electron chi connectivity index (χ3n) is 2.54. The van der Waals surface area contributed by atoms with Crippen molar-refractivity contribution in [2.45, 2.75) is 18.5 Å². The summed E-state index contributed by atoms with van der Waals surface area (Å²) in [6.45, 7) is 1.91. The van der Waals surface area contributed by atoms with Crippen molar-refractivity contribution in [1.29, 1.82) is 0 Å². The van der Waals surface area contributed by atoms with Crippen LogP contribution in [0.1, 0.15) is 11.4 Å². The van der Waals surface area contributed by atoms with Crippen LogP contribution in [0.25, 0.3) is 0 Å². The Morgan fingerprint density at radius 2 is 2.11 bits per heavy atom. The molecule has 0 spiro atoms. The summed E-state index contributed by atoms with van der Waals surface area (Å²) < 4.78 is 37.2. The number of hydrogen-bond acceptors (Lipinski definition) is 3. The van der Waals surface area contributed by atoms with E-state index in [2.05, 4.69) is 4.98 Å². The molecule has 1 aromatic carbocycles. The Morgan fingerprint density at radius 1 is 1.42 bits per heavy atom. The van der Waals surface area contributed by atoms with Gasteiger partial charge < -0.3 is 4.57 Å². The van der Waals surface area contributed by atoms with Gasteiger partial charge in [0.1, 0.15) is 11.6 Å². The number of nitrogens with zero attached hydrogens (tertiary/aromatic N) is 2. The number of imidazole rings is 1. The van der Waals surface area contributed by atoms with Crippen LogP contribution in [0.5, 0.6) is 0 Å².